The molecular weight excluding hydrogens is 601 g/mol. The van der Waals surface area contributed by atoms with Crippen molar-refractivity contribution < 1.29 is 23.8 Å². The van der Waals surface area contributed by atoms with Gasteiger partial charge in [-0.25, -0.2) is 0 Å². The van der Waals surface area contributed by atoms with E-state index < -0.39 is 5.92 Å². The molecular formula is C31H32N6O5S2. The summed E-state index contributed by atoms with van der Waals surface area (Å²) in [6.45, 7) is 4.04. The largest absolute Gasteiger partial charge is 0.493 e. The fraction of sp³-hybridized carbons (Fsp3) is 0.323. The fourth-order valence-electron chi connectivity index (χ4n) is 5.59. The van der Waals surface area contributed by atoms with Gasteiger partial charge in [0.1, 0.15) is 5.82 Å². The molecule has 11 nitrogen and oxygen atoms in total. The van der Waals surface area contributed by atoms with Gasteiger partial charge < -0.3 is 25.3 Å². The lowest BCUT2D eigenvalue weighted by molar-refractivity contribution is -0.118. The average Bonchev–Trinajstić information content (AvgIpc) is 3.47. The van der Waals surface area contributed by atoms with Crippen LogP contribution in [0, 0.1) is 16.7 Å². The van der Waals surface area contributed by atoms with E-state index in [1.54, 1.807) is 17.0 Å². The molecule has 2 aromatic carbocycles. The van der Waals surface area contributed by atoms with Gasteiger partial charge in [0.2, 0.25) is 16.8 Å². The summed E-state index contributed by atoms with van der Waals surface area (Å²) < 4.78 is 17.4. The highest BCUT2D eigenvalue weighted by Gasteiger charge is 2.46. The van der Waals surface area contributed by atoms with Crippen LogP contribution in [0.1, 0.15) is 38.2 Å². The molecule has 1 aliphatic heterocycles. The number of nitrogens with zero attached hydrogens (tertiary/aromatic N) is 4. The molecule has 5 rings (SSSR count). The molecule has 0 saturated carbocycles. The van der Waals surface area contributed by atoms with Gasteiger partial charge in [-0.15, -0.1) is 10.2 Å². The fourth-order valence-corrected chi connectivity index (χ4v) is 7.27. The van der Waals surface area contributed by atoms with Crippen molar-refractivity contribution in [3.63, 3.8) is 0 Å². The van der Waals surface area contributed by atoms with Gasteiger partial charge in [-0.2, -0.15) is 5.26 Å². The molecule has 3 aromatic rings. The van der Waals surface area contributed by atoms with Crippen molar-refractivity contribution in [2.75, 3.05) is 37.3 Å². The third-order valence-corrected chi connectivity index (χ3v) is 9.44. The molecule has 2 heterocycles. The minimum atomic E-state index is -0.798. The minimum absolute atomic E-state index is 0.0972. The zero-order valence-corrected chi connectivity index (χ0v) is 26.6. The number of aromatic nitrogens is 2. The van der Waals surface area contributed by atoms with Gasteiger partial charge in [0.15, 0.2) is 21.6 Å². The highest BCUT2D eigenvalue weighted by molar-refractivity contribution is 8.01. The van der Waals surface area contributed by atoms with Crippen LogP contribution in [-0.4, -0.2) is 49.0 Å². The van der Waals surface area contributed by atoms with Crippen molar-refractivity contribution in [1.29, 1.82) is 5.26 Å². The summed E-state index contributed by atoms with van der Waals surface area (Å²) in [4.78, 5) is 28.1. The number of allylic oxidation sites excluding steroid dienone is 3. The average molecular weight is 633 g/mol. The molecule has 1 aliphatic carbocycles. The van der Waals surface area contributed by atoms with E-state index in [-0.39, 0.29) is 40.7 Å². The highest BCUT2D eigenvalue weighted by atomic mass is 32.2. The Bertz CT molecular complexity index is 1710. The van der Waals surface area contributed by atoms with Gasteiger partial charge in [-0.3, -0.25) is 14.5 Å². The Kier molecular flexibility index (Phi) is 8.85. The predicted molar refractivity (Wildman–Crippen MR) is 169 cm³/mol. The first-order valence-corrected chi connectivity index (χ1v) is 15.5. The number of nitrogens with one attached hydrogen (secondary N) is 1. The summed E-state index contributed by atoms with van der Waals surface area (Å²) in [5.74, 6) is 0.332. The number of benzene rings is 2. The highest BCUT2D eigenvalue weighted by Crippen LogP contribution is 2.54. The van der Waals surface area contributed by atoms with Crippen LogP contribution in [0.2, 0.25) is 0 Å². The number of carbonyl (C=O) groups excluding carboxylic acids is 2. The first-order chi connectivity index (χ1) is 21.1. The maximum absolute atomic E-state index is 13.9. The van der Waals surface area contributed by atoms with Gasteiger partial charge in [0, 0.05) is 28.9 Å². The van der Waals surface area contributed by atoms with Gasteiger partial charge in [-0.1, -0.05) is 61.2 Å². The van der Waals surface area contributed by atoms with E-state index in [0.717, 1.165) is 0 Å². The van der Waals surface area contributed by atoms with Crippen LogP contribution < -0.4 is 30.2 Å². The summed E-state index contributed by atoms with van der Waals surface area (Å²) in [6, 6.07) is 14.9. The maximum atomic E-state index is 13.9. The van der Waals surface area contributed by atoms with E-state index in [1.807, 2.05) is 44.2 Å². The molecule has 0 saturated heterocycles. The summed E-state index contributed by atoms with van der Waals surface area (Å²) in [5, 5.41) is 22.4. The first-order valence-electron chi connectivity index (χ1n) is 13.7. The Labute approximate surface area is 263 Å². The van der Waals surface area contributed by atoms with Gasteiger partial charge in [0.05, 0.1) is 44.6 Å². The second-order valence-electron chi connectivity index (χ2n) is 11.0. The number of hydrogen-bond acceptors (Lipinski definition) is 12. The number of amides is 1. The number of ketones is 1. The topological polar surface area (TPSA) is 153 Å². The molecule has 228 valence electrons. The Balaban J connectivity index is 1.55. The number of para-hydroxylation sites is 1. The molecule has 3 N–H and O–H groups in total. The molecule has 0 radical (unpaired) electrons. The zero-order chi connectivity index (χ0) is 31.6. The molecule has 0 bridgehead atoms. The Morgan fingerprint density at radius 1 is 1.11 bits per heavy atom. The monoisotopic (exact) mass is 632 g/mol. The minimum Gasteiger partial charge on any atom is -0.493 e. The number of thioether (sulfide) groups is 1. The lowest BCUT2D eigenvalue weighted by atomic mass is 9.68. The third-order valence-electron chi connectivity index (χ3n) is 7.40. The first kappa shape index (κ1) is 30.9. The van der Waals surface area contributed by atoms with Crippen LogP contribution >= 0.6 is 23.1 Å². The van der Waals surface area contributed by atoms with Crippen molar-refractivity contribution in [2.24, 2.45) is 11.1 Å². The van der Waals surface area contributed by atoms with E-state index in [4.69, 9.17) is 19.9 Å². The summed E-state index contributed by atoms with van der Waals surface area (Å²) in [5.41, 5.74) is 8.95. The van der Waals surface area contributed by atoms with Crippen molar-refractivity contribution in [3.8, 4) is 23.3 Å². The molecule has 1 amide bonds. The summed E-state index contributed by atoms with van der Waals surface area (Å²) in [7, 11) is 4.51. The summed E-state index contributed by atoms with van der Waals surface area (Å²) >= 11 is 2.47. The lowest BCUT2D eigenvalue weighted by Crippen LogP contribution is -2.42. The van der Waals surface area contributed by atoms with Crippen LogP contribution in [-0.2, 0) is 9.59 Å². The van der Waals surface area contributed by atoms with Gasteiger partial charge >= 0.3 is 0 Å². The number of anilines is 2. The Hall–Kier alpha value is -4.54. The smallest absolute Gasteiger partial charge is 0.234 e. The van der Waals surface area contributed by atoms with Crippen LogP contribution in [0.4, 0.5) is 10.8 Å². The molecule has 44 heavy (non-hydrogen) atoms. The van der Waals surface area contributed by atoms with Crippen LogP contribution in [0.3, 0.4) is 0 Å². The van der Waals surface area contributed by atoms with Crippen molar-refractivity contribution >= 4 is 45.6 Å². The van der Waals surface area contributed by atoms with E-state index in [1.165, 1.54) is 44.4 Å². The zero-order valence-electron chi connectivity index (χ0n) is 25.0. The van der Waals surface area contributed by atoms with Crippen LogP contribution in [0.15, 0.2) is 69.5 Å². The molecule has 2 aliphatic rings. The van der Waals surface area contributed by atoms with Crippen molar-refractivity contribution in [3.05, 3.63) is 70.7 Å². The number of methoxy groups -OCH3 is 3. The van der Waals surface area contributed by atoms with Gasteiger partial charge in [0.25, 0.3) is 0 Å². The summed E-state index contributed by atoms with van der Waals surface area (Å²) in [6.07, 6.45) is 0.791. The number of carbonyl (C=O) groups is 2. The number of rotatable bonds is 9. The normalized spacial score (nSPS) is 17.6. The number of Topliss-reactive ketones (excluding diaryl/α,β-unsaturated/α-hetero) is 1. The van der Waals surface area contributed by atoms with Crippen LogP contribution in [0.5, 0.6) is 17.2 Å². The Morgan fingerprint density at radius 3 is 2.50 bits per heavy atom. The van der Waals surface area contributed by atoms with E-state index in [2.05, 4.69) is 21.6 Å². The van der Waals surface area contributed by atoms with E-state index in [9.17, 15) is 14.9 Å². The molecule has 0 spiro atoms. The van der Waals surface area contributed by atoms with Crippen LogP contribution in [0.25, 0.3) is 0 Å². The predicted octanol–water partition coefficient (Wildman–Crippen LogP) is 5.24. The quantitative estimate of drug-likeness (QED) is 0.298. The third kappa shape index (κ3) is 5.82. The molecule has 1 atom stereocenters. The SMILES string of the molecule is COc1ccc(C2C(C#N)=C(N)N(c3nnc(SCC(=O)Nc4ccccc4)s3)C3=C2C(=O)CC(C)(C)C3)c(OC)c1OC. The van der Waals surface area contributed by atoms with E-state index in [0.29, 0.717) is 55.7 Å². The Morgan fingerprint density at radius 2 is 1.84 bits per heavy atom. The number of ether oxygens (including phenoxy) is 3. The maximum Gasteiger partial charge on any atom is 0.234 e. The number of nitrogens with two attached hydrogens (primary N) is 1. The molecule has 13 heteroatoms. The second-order valence-corrected chi connectivity index (χ2v) is 13.1. The molecule has 1 aromatic heterocycles. The second kappa shape index (κ2) is 12.6. The molecule has 1 unspecified atom stereocenters. The number of nitriles is 1. The van der Waals surface area contributed by atoms with E-state index >= 15 is 0 Å². The van der Waals surface area contributed by atoms with Crippen molar-refractivity contribution in [2.45, 2.75) is 36.9 Å². The molecule has 0 fully saturated rings. The standard InChI is InChI=1S/C31H32N6O5S2/c1-31(2)13-20-25(21(38)14-31)24(18-11-12-22(40-3)27(42-5)26(18)41-4)19(15-32)28(33)37(20)29-35-36-30(44-29)43-16-23(39)34-17-9-7-6-8-10-17/h6-12,24H,13-14,16,33H2,1-5H3,(H,34,39). The van der Waals surface area contributed by atoms with Gasteiger partial charge in [-0.05, 0) is 30.0 Å². The lowest BCUT2D eigenvalue weighted by Gasteiger charge is -2.42. The van der Waals surface area contributed by atoms with Crippen molar-refractivity contribution in [1.82, 2.24) is 10.2 Å². The number of hydrogen-bond donors (Lipinski definition) is 2.